The molecule has 7 N–H and O–H groups in total. The number of rotatable bonds is 2. The first kappa shape index (κ1) is 17.5. The van der Waals surface area contributed by atoms with Gasteiger partial charge in [-0.25, -0.2) is 0 Å². The molecule has 116 valence electrons. The van der Waals surface area contributed by atoms with E-state index in [1.54, 1.807) is 4.90 Å². The number of benzene rings is 2. The molecule has 0 saturated carbocycles. The lowest BCUT2D eigenvalue weighted by molar-refractivity contribution is 1.21. The average molecular weight is 315 g/mol. The molecule has 2 aromatic rings. The Kier molecular flexibility index (Phi) is 6.34. The fourth-order valence-electron chi connectivity index (χ4n) is 2.02. The van der Waals surface area contributed by atoms with Crippen LogP contribution < -0.4 is 22.1 Å². The first-order valence-corrected chi connectivity index (χ1v) is 7.05. The van der Waals surface area contributed by atoms with Crippen molar-refractivity contribution in [3.63, 3.8) is 0 Å². The van der Waals surface area contributed by atoms with E-state index < -0.39 is 0 Å². The minimum absolute atomic E-state index is 0.000000000000000222. The Morgan fingerprint density at radius 3 is 1.45 bits per heavy atom. The maximum absolute atomic E-state index is 7.82. The number of hydrogen-bond donors (Lipinski definition) is 4. The zero-order valence-electron chi connectivity index (χ0n) is 12.7. The molecule has 5 nitrogen and oxygen atoms in total. The van der Waals surface area contributed by atoms with E-state index in [2.05, 4.69) is 23.7 Å². The lowest BCUT2D eigenvalue weighted by Crippen LogP contribution is -2.33. The highest BCUT2D eigenvalue weighted by molar-refractivity contribution is 7.80. The molecule has 22 heavy (non-hydrogen) atoms. The van der Waals surface area contributed by atoms with Gasteiger partial charge in [-0.1, -0.05) is 36.4 Å². The van der Waals surface area contributed by atoms with Crippen LogP contribution in [0.15, 0.2) is 48.5 Å². The van der Waals surface area contributed by atoms with Gasteiger partial charge in [-0.2, -0.15) is 0 Å². The summed E-state index contributed by atoms with van der Waals surface area (Å²) in [5, 5.41) is 7.82. The molecule has 2 aromatic carbocycles. The number of para-hydroxylation sites is 2. The van der Waals surface area contributed by atoms with Crippen molar-refractivity contribution in [2.75, 3.05) is 4.90 Å². The molecule has 0 heterocycles. The summed E-state index contributed by atoms with van der Waals surface area (Å²) in [7, 11) is 0. The van der Waals surface area contributed by atoms with Crippen molar-refractivity contribution in [3.8, 4) is 0 Å². The Morgan fingerprint density at radius 2 is 1.18 bits per heavy atom. The van der Waals surface area contributed by atoms with Gasteiger partial charge >= 0.3 is 0 Å². The highest BCUT2D eigenvalue weighted by atomic mass is 32.1. The van der Waals surface area contributed by atoms with Crippen LogP contribution in [0.3, 0.4) is 0 Å². The van der Waals surface area contributed by atoms with Crippen molar-refractivity contribution in [1.82, 2.24) is 0 Å². The molecular formula is C16H21N5S. The number of nitrogens with zero attached hydrogens (tertiary/aromatic N) is 1. The van der Waals surface area contributed by atoms with Crippen LogP contribution in [0.2, 0.25) is 0 Å². The lowest BCUT2D eigenvalue weighted by atomic mass is 10.1. The summed E-state index contributed by atoms with van der Waals surface area (Å²) in [6, 6.07) is 15.9. The third kappa shape index (κ3) is 4.75. The first-order valence-electron chi connectivity index (χ1n) is 6.65. The highest BCUT2D eigenvalue weighted by Gasteiger charge is 2.15. The summed E-state index contributed by atoms with van der Waals surface area (Å²) < 4.78 is 0. The van der Waals surface area contributed by atoms with Crippen LogP contribution in [0.4, 0.5) is 11.4 Å². The van der Waals surface area contributed by atoms with Gasteiger partial charge in [0.15, 0.2) is 11.1 Å². The molecule has 0 aromatic heterocycles. The number of aryl methyl sites for hydroxylation is 2. The summed E-state index contributed by atoms with van der Waals surface area (Å²) in [6.45, 7) is 4.03. The SMILES string of the molecule is Cc1ccccc1N(C(=N)N)c1ccccc1C.NC(N)=S. The number of nitrogens with one attached hydrogen (secondary N) is 1. The quantitative estimate of drug-likeness (QED) is 0.387. The average Bonchev–Trinajstić information content (AvgIpc) is 2.42. The van der Waals surface area contributed by atoms with Gasteiger partial charge in [-0.05, 0) is 49.3 Å². The summed E-state index contributed by atoms with van der Waals surface area (Å²) in [5.41, 5.74) is 19.1. The first-order chi connectivity index (χ1) is 10.3. The van der Waals surface area contributed by atoms with Crippen molar-refractivity contribution in [1.29, 1.82) is 5.41 Å². The van der Waals surface area contributed by atoms with E-state index in [4.69, 9.17) is 11.1 Å². The Bertz CT molecular complexity index is 620. The van der Waals surface area contributed by atoms with Gasteiger partial charge in [-0.15, -0.1) is 0 Å². The molecule has 0 saturated heterocycles. The maximum atomic E-state index is 7.82. The second-order valence-electron chi connectivity index (χ2n) is 4.70. The molecule has 0 aliphatic carbocycles. The van der Waals surface area contributed by atoms with Crippen LogP contribution in [0.5, 0.6) is 0 Å². The molecule has 0 bridgehead atoms. The van der Waals surface area contributed by atoms with Crippen LogP contribution in [0.1, 0.15) is 11.1 Å². The predicted octanol–water partition coefficient (Wildman–Crippen LogP) is 2.52. The fourth-order valence-corrected chi connectivity index (χ4v) is 2.02. The van der Waals surface area contributed by atoms with Crippen molar-refractivity contribution < 1.29 is 0 Å². The van der Waals surface area contributed by atoms with Gasteiger partial charge in [-0.3, -0.25) is 10.3 Å². The lowest BCUT2D eigenvalue weighted by Gasteiger charge is -2.26. The summed E-state index contributed by atoms with van der Waals surface area (Å²) in [6.07, 6.45) is 0. The zero-order valence-corrected chi connectivity index (χ0v) is 13.5. The van der Waals surface area contributed by atoms with Crippen molar-refractivity contribution in [2.45, 2.75) is 13.8 Å². The highest BCUT2D eigenvalue weighted by Crippen LogP contribution is 2.29. The number of guanidine groups is 1. The summed E-state index contributed by atoms with van der Waals surface area (Å²) >= 11 is 4.09. The van der Waals surface area contributed by atoms with Crippen molar-refractivity contribution >= 4 is 34.7 Å². The molecule has 0 fully saturated rings. The van der Waals surface area contributed by atoms with Crippen LogP contribution in [0.25, 0.3) is 0 Å². The third-order valence-electron chi connectivity index (χ3n) is 2.95. The fraction of sp³-hybridized carbons (Fsp3) is 0.125. The summed E-state index contributed by atoms with van der Waals surface area (Å²) in [4.78, 5) is 1.77. The van der Waals surface area contributed by atoms with Gasteiger partial charge in [0.05, 0.1) is 11.4 Å². The molecule has 0 unspecified atom stereocenters. The number of anilines is 2. The molecular weight excluding hydrogens is 294 g/mol. The number of nitrogens with two attached hydrogens (primary N) is 3. The van der Waals surface area contributed by atoms with E-state index in [0.717, 1.165) is 22.5 Å². The minimum Gasteiger partial charge on any atom is -0.377 e. The molecule has 0 spiro atoms. The normalized spacial score (nSPS) is 9.36. The number of hydrogen-bond acceptors (Lipinski definition) is 2. The second kappa shape index (κ2) is 7.99. The predicted molar refractivity (Wildman–Crippen MR) is 97.4 cm³/mol. The Hall–Kier alpha value is -2.60. The van der Waals surface area contributed by atoms with Gasteiger partial charge in [0.25, 0.3) is 0 Å². The van der Waals surface area contributed by atoms with Crippen LogP contribution in [-0.4, -0.2) is 11.1 Å². The second-order valence-corrected chi connectivity index (χ2v) is 5.17. The van der Waals surface area contributed by atoms with E-state index in [-0.39, 0.29) is 11.1 Å². The maximum Gasteiger partial charge on any atom is 0.197 e. The molecule has 0 radical (unpaired) electrons. The van der Waals surface area contributed by atoms with E-state index >= 15 is 0 Å². The van der Waals surface area contributed by atoms with E-state index in [1.165, 1.54) is 0 Å². The minimum atomic E-state index is 0.000000000000000222. The molecule has 2 rings (SSSR count). The molecule has 0 aliphatic rings. The molecule has 0 amide bonds. The van der Waals surface area contributed by atoms with Crippen LogP contribution in [0, 0.1) is 19.3 Å². The summed E-state index contributed by atoms with van der Waals surface area (Å²) in [5.74, 6) is 0.0265. The van der Waals surface area contributed by atoms with Gasteiger partial charge < -0.3 is 17.2 Å². The molecule has 0 aliphatic heterocycles. The Morgan fingerprint density at radius 1 is 0.864 bits per heavy atom. The van der Waals surface area contributed by atoms with Crippen molar-refractivity contribution in [3.05, 3.63) is 59.7 Å². The van der Waals surface area contributed by atoms with Crippen LogP contribution in [-0.2, 0) is 0 Å². The largest absolute Gasteiger partial charge is 0.377 e. The van der Waals surface area contributed by atoms with E-state index in [9.17, 15) is 0 Å². The Labute approximate surface area is 136 Å². The van der Waals surface area contributed by atoms with Crippen molar-refractivity contribution in [2.24, 2.45) is 17.2 Å². The van der Waals surface area contributed by atoms with Crippen LogP contribution >= 0.6 is 12.2 Å². The van der Waals surface area contributed by atoms with Gasteiger partial charge in [0.2, 0.25) is 0 Å². The molecule has 6 heteroatoms. The van der Waals surface area contributed by atoms with E-state index in [1.807, 2.05) is 62.4 Å². The monoisotopic (exact) mass is 315 g/mol. The van der Waals surface area contributed by atoms with Gasteiger partial charge in [0, 0.05) is 0 Å². The Balaban J connectivity index is 0.000000541. The van der Waals surface area contributed by atoms with Gasteiger partial charge in [0.1, 0.15) is 0 Å². The topological polar surface area (TPSA) is 105 Å². The standard InChI is InChI=1S/C15H17N3.CH4N2S/c1-11-7-3-5-9-13(11)18(15(16)17)14-10-6-4-8-12(14)2;2-1(3)4/h3-10H,1-2H3,(H3,16,17);(H4,2,3,4). The number of thiocarbonyl (C=S) groups is 1. The third-order valence-corrected chi connectivity index (χ3v) is 2.95. The molecule has 0 atom stereocenters. The van der Waals surface area contributed by atoms with E-state index in [0.29, 0.717) is 0 Å². The zero-order chi connectivity index (χ0) is 16.7. The smallest absolute Gasteiger partial charge is 0.197 e.